The summed E-state index contributed by atoms with van der Waals surface area (Å²) in [5, 5.41) is 11.6. The van der Waals surface area contributed by atoms with Gasteiger partial charge >= 0.3 is 5.97 Å². The molecule has 2 unspecified atom stereocenters. The van der Waals surface area contributed by atoms with E-state index in [9.17, 15) is 9.59 Å². The molecule has 0 radical (unpaired) electrons. The molecule has 5 nitrogen and oxygen atoms in total. The molecule has 0 spiro atoms. The van der Waals surface area contributed by atoms with Gasteiger partial charge in [0.2, 0.25) is 5.91 Å². The molecule has 0 aromatic rings. The van der Waals surface area contributed by atoms with E-state index in [0.29, 0.717) is 24.9 Å². The van der Waals surface area contributed by atoms with Crippen LogP contribution in [0, 0.1) is 11.8 Å². The number of aliphatic carboxylic acids is 1. The highest BCUT2D eigenvalue weighted by Gasteiger charge is 2.24. The van der Waals surface area contributed by atoms with Crippen LogP contribution >= 0.6 is 0 Å². The number of carboxylic acid groups (broad SMARTS) is 1. The first kappa shape index (κ1) is 16.0. The van der Waals surface area contributed by atoms with Crippen molar-refractivity contribution in [2.75, 3.05) is 19.6 Å². The van der Waals surface area contributed by atoms with Gasteiger partial charge in [-0.3, -0.25) is 9.59 Å². The highest BCUT2D eigenvalue weighted by atomic mass is 16.4. The lowest BCUT2D eigenvalue weighted by atomic mass is 10.0. The van der Waals surface area contributed by atoms with Gasteiger partial charge in [-0.2, -0.15) is 0 Å². The predicted molar refractivity (Wildman–Crippen MR) is 73.9 cm³/mol. The molecule has 1 rings (SSSR count). The average molecular weight is 270 g/mol. The van der Waals surface area contributed by atoms with Crippen LogP contribution in [0.3, 0.4) is 0 Å². The van der Waals surface area contributed by atoms with Crippen LogP contribution in [0.5, 0.6) is 0 Å². The SMILES string of the molecule is CC(CC(=O)O)CC(=O)NCC1CCN(C(C)C)C1. The number of hydrogen-bond donors (Lipinski definition) is 2. The zero-order valence-corrected chi connectivity index (χ0v) is 12.2. The number of amides is 1. The topological polar surface area (TPSA) is 69.6 Å². The van der Waals surface area contributed by atoms with E-state index in [-0.39, 0.29) is 18.2 Å². The van der Waals surface area contributed by atoms with E-state index in [1.807, 2.05) is 0 Å². The number of rotatable bonds is 7. The van der Waals surface area contributed by atoms with Crippen molar-refractivity contribution in [1.29, 1.82) is 0 Å². The van der Waals surface area contributed by atoms with Crippen LogP contribution < -0.4 is 5.32 Å². The van der Waals surface area contributed by atoms with Gasteiger partial charge < -0.3 is 15.3 Å². The molecule has 110 valence electrons. The molecule has 2 atom stereocenters. The van der Waals surface area contributed by atoms with Crippen molar-refractivity contribution >= 4 is 11.9 Å². The largest absolute Gasteiger partial charge is 0.481 e. The van der Waals surface area contributed by atoms with Crippen molar-refractivity contribution in [1.82, 2.24) is 10.2 Å². The fourth-order valence-electron chi connectivity index (χ4n) is 2.52. The molecule has 1 aliphatic heterocycles. The number of carbonyl (C=O) groups is 2. The first-order valence-corrected chi connectivity index (χ1v) is 7.11. The molecule has 0 aromatic heterocycles. The van der Waals surface area contributed by atoms with E-state index < -0.39 is 5.97 Å². The summed E-state index contributed by atoms with van der Waals surface area (Å²) >= 11 is 0. The van der Waals surface area contributed by atoms with Gasteiger partial charge in [-0.25, -0.2) is 0 Å². The molecule has 0 aromatic carbocycles. The Balaban J connectivity index is 2.19. The Hall–Kier alpha value is -1.10. The maximum atomic E-state index is 11.7. The van der Waals surface area contributed by atoms with Crippen LogP contribution in [0.4, 0.5) is 0 Å². The van der Waals surface area contributed by atoms with Gasteiger partial charge in [0.15, 0.2) is 0 Å². The molecule has 1 fully saturated rings. The standard InChI is InChI=1S/C14H26N2O3/c1-10(2)16-5-4-12(9-16)8-15-13(17)6-11(3)7-14(18)19/h10-12H,4-9H2,1-3H3,(H,15,17)(H,18,19). The monoisotopic (exact) mass is 270 g/mol. The second-order valence-electron chi connectivity index (χ2n) is 5.95. The van der Waals surface area contributed by atoms with Crippen LogP contribution in [-0.4, -0.2) is 47.6 Å². The number of carboxylic acids is 1. The summed E-state index contributed by atoms with van der Waals surface area (Å²) in [6, 6.07) is 0.566. The average Bonchev–Trinajstić information content (AvgIpc) is 2.73. The predicted octanol–water partition coefficient (Wildman–Crippen LogP) is 1.33. The van der Waals surface area contributed by atoms with Crippen molar-refractivity contribution < 1.29 is 14.7 Å². The minimum atomic E-state index is -0.844. The summed E-state index contributed by atoms with van der Waals surface area (Å²) in [5.74, 6) is -0.449. The Morgan fingerprint density at radius 2 is 2.00 bits per heavy atom. The molecule has 0 bridgehead atoms. The van der Waals surface area contributed by atoms with Crippen LogP contribution in [-0.2, 0) is 9.59 Å². The van der Waals surface area contributed by atoms with E-state index in [0.717, 1.165) is 19.5 Å². The van der Waals surface area contributed by atoms with Gasteiger partial charge in [-0.1, -0.05) is 6.92 Å². The van der Waals surface area contributed by atoms with Crippen molar-refractivity contribution in [2.24, 2.45) is 11.8 Å². The Kier molecular flexibility index (Phi) is 6.28. The Morgan fingerprint density at radius 3 is 2.53 bits per heavy atom. The molecule has 1 saturated heterocycles. The van der Waals surface area contributed by atoms with Crippen LogP contribution in [0.25, 0.3) is 0 Å². The molecule has 1 heterocycles. The third kappa shape index (κ3) is 6.05. The zero-order valence-electron chi connectivity index (χ0n) is 12.2. The summed E-state index contributed by atoms with van der Waals surface area (Å²) in [4.78, 5) is 24.6. The molecule has 5 heteroatoms. The Morgan fingerprint density at radius 1 is 1.32 bits per heavy atom. The van der Waals surface area contributed by atoms with Crippen molar-refractivity contribution in [2.45, 2.75) is 46.1 Å². The lowest BCUT2D eigenvalue weighted by Gasteiger charge is -2.20. The van der Waals surface area contributed by atoms with Crippen molar-refractivity contribution in [3.05, 3.63) is 0 Å². The van der Waals surface area contributed by atoms with Gasteiger partial charge in [0.25, 0.3) is 0 Å². The van der Waals surface area contributed by atoms with E-state index in [4.69, 9.17) is 5.11 Å². The summed E-state index contributed by atoms with van der Waals surface area (Å²) in [7, 11) is 0. The lowest BCUT2D eigenvalue weighted by Crippen LogP contribution is -2.33. The minimum Gasteiger partial charge on any atom is -0.481 e. The van der Waals surface area contributed by atoms with E-state index in [2.05, 4.69) is 24.1 Å². The van der Waals surface area contributed by atoms with Gasteiger partial charge in [-0.05, 0) is 38.6 Å². The normalized spacial score (nSPS) is 21.6. The van der Waals surface area contributed by atoms with E-state index in [1.54, 1.807) is 6.92 Å². The molecule has 19 heavy (non-hydrogen) atoms. The first-order chi connectivity index (χ1) is 8.88. The first-order valence-electron chi connectivity index (χ1n) is 7.11. The number of hydrogen-bond acceptors (Lipinski definition) is 3. The smallest absolute Gasteiger partial charge is 0.303 e. The quantitative estimate of drug-likeness (QED) is 0.732. The van der Waals surface area contributed by atoms with Gasteiger partial charge in [0.1, 0.15) is 0 Å². The van der Waals surface area contributed by atoms with E-state index in [1.165, 1.54) is 0 Å². The fraction of sp³-hybridized carbons (Fsp3) is 0.857. The summed E-state index contributed by atoms with van der Waals surface area (Å²) < 4.78 is 0. The number of likely N-dealkylation sites (tertiary alicyclic amines) is 1. The molecule has 1 amide bonds. The van der Waals surface area contributed by atoms with Crippen LogP contribution in [0.2, 0.25) is 0 Å². The highest BCUT2D eigenvalue weighted by molar-refractivity contribution is 5.77. The van der Waals surface area contributed by atoms with Gasteiger partial charge in [-0.15, -0.1) is 0 Å². The summed E-state index contributed by atoms with van der Waals surface area (Å²) in [6.07, 6.45) is 1.48. The summed E-state index contributed by atoms with van der Waals surface area (Å²) in [5.41, 5.74) is 0. The minimum absolute atomic E-state index is 0.0308. The maximum Gasteiger partial charge on any atom is 0.303 e. The van der Waals surface area contributed by atoms with Gasteiger partial charge in [0, 0.05) is 32.0 Å². The highest BCUT2D eigenvalue weighted by Crippen LogP contribution is 2.17. The number of nitrogens with zero attached hydrogens (tertiary/aromatic N) is 1. The number of nitrogens with one attached hydrogen (secondary N) is 1. The fourth-order valence-corrected chi connectivity index (χ4v) is 2.52. The molecular weight excluding hydrogens is 244 g/mol. The Labute approximate surface area is 115 Å². The third-order valence-electron chi connectivity index (χ3n) is 3.69. The van der Waals surface area contributed by atoms with Crippen molar-refractivity contribution in [3.63, 3.8) is 0 Å². The molecule has 2 N–H and O–H groups in total. The number of carbonyl (C=O) groups excluding carboxylic acids is 1. The maximum absolute atomic E-state index is 11.7. The zero-order chi connectivity index (χ0) is 14.4. The molecule has 1 aliphatic rings. The second-order valence-corrected chi connectivity index (χ2v) is 5.95. The molecular formula is C14H26N2O3. The van der Waals surface area contributed by atoms with E-state index >= 15 is 0 Å². The Bertz CT molecular complexity index is 318. The van der Waals surface area contributed by atoms with Crippen LogP contribution in [0.15, 0.2) is 0 Å². The van der Waals surface area contributed by atoms with Crippen molar-refractivity contribution in [3.8, 4) is 0 Å². The summed E-state index contributed by atoms with van der Waals surface area (Å²) in [6.45, 7) is 9.03. The second kappa shape index (κ2) is 7.48. The lowest BCUT2D eigenvalue weighted by molar-refractivity contribution is -0.138. The van der Waals surface area contributed by atoms with Crippen LogP contribution in [0.1, 0.15) is 40.0 Å². The van der Waals surface area contributed by atoms with Gasteiger partial charge in [0.05, 0.1) is 0 Å². The third-order valence-corrected chi connectivity index (χ3v) is 3.69. The molecule has 0 aliphatic carbocycles. The molecule has 0 saturated carbocycles.